The fourth-order valence-electron chi connectivity index (χ4n) is 3.86. The van der Waals surface area contributed by atoms with Crippen molar-refractivity contribution in [2.24, 2.45) is 0 Å². The summed E-state index contributed by atoms with van der Waals surface area (Å²) in [6, 6.07) is 19.8. The second kappa shape index (κ2) is 12.3. The zero-order chi connectivity index (χ0) is 29.6. The van der Waals surface area contributed by atoms with E-state index >= 15 is 0 Å². The molecular formula is C26H17N10O4S2+. The molecule has 42 heavy (non-hydrogen) atoms. The van der Waals surface area contributed by atoms with Crippen LogP contribution in [-0.2, 0) is 10.5 Å². The Kier molecular flexibility index (Phi) is 8.19. The second-order valence-electron chi connectivity index (χ2n) is 8.35. The van der Waals surface area contributed by atoms with Gasteiger partial charge < -0.3 is 15.1 Å². The number of benzene rings is 2. The largest absolute Gasteiger partial charge is 0.481 e. The first-order valence-corrected chi connectivity index (χ1v) is 13.9. The van der Waals surface area contributed by atoms with Crippen molar-refractivity contribution < 1.29 is 14.7 Å². The van der Waals surface area contributed by atoms with Gasteiger partial charge in [0, 0.05) is 5.56 Å². The molecule has 0 fully saturated rings. The number of H-pyrrole nitrogens is 3. The Bertz CT molecular complexity index is 2010. The molecule has 0 saturated carbocycles. The quantitative estimate of drug-likeness (QED) is 0.108. The van der Waals surface area contributed by atoms with E-state index < -0.39 is 17.3 Å². The Hall–Kier alpha value is -5.58. The Labute approximate surface area is 244 Å². The number of aromatic nitrogens is 8. The molecule has 3 aromatic heterocycles. The summed E-state index contributed by atoms with van der Waals surface area (Å²) in [5.74, 6) is -0.945. The third-order valence-corrected chi connectivity index (χ3v) is 7.55. The summed E-state index contributed by atoms with van der Waals surface area (Å²) in [6.07, 6.45) is 0. The van der Waals surface area contributed by atoms with Gasteiger partial charge in [0.25, 0.3) is 0 Å². The molecule has 0 atom stereocenters. The molecule has 0 bridgehead atoms. The highest BCUT2D eigenvalue weighted by Gasteiger charge is 2.20. The Balaban J connectivity index is 1.41. The van der Waals surface area contributed by atoms with Crippen molar-refractivity contribution in [2.75, 3.05) is 5.75 Å². The Morgan fingerprint density at radius 1 is 0.881 bits per heavy atom. The van der Waals surface area contributed by atoms with Gasteiger partial charge in [-0.1, -0.05) is 66.0 Å². The minimum absolute atomic E-state index is 0.0104. The molecule has 5 rings (SSSR count). The predicted octanol–water partition coefficient (Wildman–Crippen LogP) is 1.79. The molecule has 16 heteroatoms. The van der Waals surface area contributed by atoms with Crippen LogP contribution in [0.15, 0.2) is 74.2 Å². The lowest BCUT2D eigenvalue weighted by Crippen LogP contribution is -2.36. The number of nitrogens with one attached hydrogen (secondary N) is 3. The van der Waals surface area contributed by atoms with Gasteiger partial charge in [0.2, 0.25) is 0 Å². The fraction of sp³-hybridized carbons (Fsp3) is 0.0769. The molecule has 3 heterocycles. The van der Waals surface area contributed by atoms with Crippen molar-refractivity contribution in [3.8, 4) is 40.3 Å². The van der Waals surface area contributed by atoms with Crippen LogP contribution in [0.25, 0.3) is 28.2 Å². The third kappa shape index (κ3) is 6.09. The average Bonchev–Trinajstić information content (AvgIpc) is 3.48. The number of aliphatic carboxylic acids is 1. The number of rotatable bonds is 9. The van der Waals surface area contributed by atoms with Gasteiger partial charge in [-0.25, -0.2) is 9.59 Å². The fourth-order valence-corrected chi connectivity index (χ4v) is 5.38. The monoisotopic (exact) mass is 597 g/mol. The minimum atomic E-state index is -1.11. The van der Waals surface area contributed by atoms with Crippen LogP contribution in [0.1, 0.15) is 17.0 Å². The normalized spacial score (nSPS) is 10.6. The molecule has 14 nitrogen and oxygen atoms in total. The summed E-state index contributed by atoms with van der Waals surface area (Å²) in [5.41, 5.74) is 1.14. The second-order valence-corrected chi connectivity index (χ2v) is 10.3. The van der Waals surface area contributed by atoms with Gasteiger partial charge in [-0.3, -0.25) is 4.79 Å². The van der Waals surface area contributed by atoms with E-state index in [1.54, 1.807) is 48.5 Å². The molecule has 0 aliphatic carbocycles. The summed E-state index contributed by atoms with van der Waals surface area (Å²) in [5, 5.41) is 40.2. The van der Waals surface area contributed by atoms with E-state index in [0.717, 1.165) is 23.5 Å². The molecule has 0 amide bonds. The van der Waals surface area contributed by atoms with Crippen LogP contribution >= 0.6 is 23.5 Å². The van der Waals surface area contributed by atoms with Gasteiger partial charge in [0.05, 0.1) is 28.0 Å². The van der Waals surface area contributed by atoms with Crippen LogP contribution in [0.2, 0.25) is 0 Å². The molecule has 0 aliphatic heterocycles. The third-order valence-electron chi connectivity index (χ3n) is 5.62. The number of thioether (sulfide) groups is 2. The van der Waals surface area contributed by atoms with E-state index in [2.05, 4.69) is 41.4 Å². The summed E-state index contributed by atoms with van der Waals surface area (Å²) in [4.78, 5) is 49.7. The van der Waals surface area contributed by atoms with E-state index in [1.165, 1.54) is 4.80 Å². The highest BCUT2D eigenvalue weighted by atomic mass is 32.2. The molecule has 0 radical (unpaired) electrons. The van der Waals surface area contributed by atoms with Crippen molar-refractivity contribution in [3.63, 3.8) is 0 Å². The topological polar surface area (TPSA) is 222 Å². The molecule has 5 aromatic rings. The lowest BCUT2D eigenvalue weighted by atomic mass is 10.1. The van der Waals surface area contributed by atoms with Gasteiger partial charge in [0.15, 0.2) is 5.69 Å². The van der Waals surface area contributed by atoms with Crippen molar-refractivity contribution in [2.45, 2.75) is 15.8 Å². The lowest BCUT2D eigenvalue weighted by Gasteiger charge is -2.07. The van der Waals surface area contributed by atoms with Gasteiger partial charge in [-0.2, -0.15) is 20.5 Å². The molecular weight excluding hydrogens is 580 g/mol. The highest BCUT2D eigenvalue weighted by molar-refractivity contribution is 8.00. The van der Waals surface area contributed by atoms with Gasteiger partial charge in [0.1, 0.15) is 33.3 Å². The zero-order valence-corrected chi connectivity index (χ0v) is 22.9. The molecule has 206 valence electrons. The maximum absolute atomic E-state index is 12.3. The Morgan fingerprint density at radius 3 is 2.14 bits per heavy atom. The van der Waals surface area contributed by atoms with Crippen LogP contribution in [0.4, 0.5) is 0 Å². The number of hydrogen-bond donors (Lipinski definition) is 4. The molecule has 2 aromatic carbocycles. The van der Waals surface area contributed by atoms with E-state index in [1.807, 2.05) is 12.1 Å². The van der Waals surface area contributed by atoms with Crippen LogP contribution in [0.5, 0.6) is 0 Å². The molecule has 0 spiro atoms. The smallest absolute Gasteiger partial charge is 0.346 e. The number of tetrazole rings is 1. The van der Waals surface area contributed by atoms with E-state index in [0.29, 0.717) is 28.3 Å². The number of carbonyl (C=O) groups is 1. The van der Waals surface area contributed by atoms with Crippen LogP contribution in [-0.4, -0.2) is 52.2 Å². The van der Waals surface area contributed by atoms with Crippen LogP contribution in [0.3, 0.4) is 0 Å². The number of carboxylic acid groups (broad SMARTS) is 1. The maximum atomic E-state index is 12.3. The first-order valence-electron chi connectivity index (χ1n) is 11.9. The molecule has 0 saturated heterocycles. The van der Waals surface area contributed by atoms with Gasteiger partial charge in [-0.05, 0) is 32.8 Å². The highest BCUT2D eigenvalue weighted by Crippen LogP contribution is 2.29. The number of hydrogen-bond acceptors (Lipinski definition) is 11. The number of aromatic amines is 3. The summed E-state index contributed by atoms with van der Waals surface area (Å²) in [7, 11) is 0. The minimum Gasteiger partial charge on any atom is -0.481 e. The molecule has 0 unspecified atom stereocenters. The average molecular weight is 598 g/mol. The standard InChI is InChI=1S/C26H16N10O4S2/c27-10-17-21(14-5-2-1-3-6-14)29-25(39)31-23(17)41-12-19-33-35-36(34-19)16-8-4-7-15(9-16)22-18(11-28)24(32-26(40)30-22)42-13-20(37)38/h1-9H,12-13H2,(H3,29,30,31,32,37,38,39,40)/p+1. The van der Waals surface area contributed by atoms with Crippen molar-refractivity contribution in [3.05, 3.63) is 92.5 Å². The van der Waals surface area contributed by atoms with Crippen LogP contribution < -0.4 is 16.2 Å². The summed E-state index contributed by atoms with van der Waals surface area (Å²) in [6.45, 7) is 0. The van der Waals surface area contributed by atoms with E-state index in [4.69, 9.17) is 5.11 Å². The summed E-state index contributed by atoms with van der Waals surface area (Å²) >= 11 is 1.91. The first-order chi connectivity index (χ1) is 20.4. The van der Waals surface area contributed by atoms with Crippen molar-refractivity contribution >= 4 is 29.5 Å². The zero-order valence-electron chi connectivity index (χ0n) is 21.2. The predicted molar refractivity (Wildman–Crippen MR) is 149 cm³/mol. The molecule has 4 N–H and O–H groups in total. The van der Waals surface area contributed by atoms with Crippen LogP contribution in [0, 0.1) is 22.7 Å². The SMILES string of the molecule is N#Cc1c(SCC(=O)O)nc(=O)[nH]c1-c1cccc(-[n+]2nc(CSc3nc(=O)[nH]c(-c4ccccc4)c3C#N)n[nH]2)c1. The number of nitrogens with zero attached hydrogens (tertiary/aromatic N) is 7. The number of carboxylic acids is 1. The van der Waals surface area contributed by atoms with Gasteiger partial charge >= 0.3 is 23.2 Å². The van der Waals surface area contributed by atoms with Crippen molar-refractivity contribution in [1.82, 2.24) is 35.3 Å². The Morgan fingerprint density at radius 2 is 1.50 bits per heavy atom. The van der Waals surface area contributed by atoms with Crippen molar-refractivity contribution in [1.29, 1.82) is 10.5 Å². The molecule has 0 aliphatic rings. The number of nitriles is 2. The summed E-state index contributed by atoms with van der Waals surface area (Å²) < 4.78 is 0. The van der Waals surface area contributed by atoms with Gasteiger partial charge in [-0.15, -0.1) is 0 Å². The lowest BCUT2D eigenvalue weighted by molar-refractivity contribution is -0.717. The maximum Gasteiger partial charge on any atom is 0.346 e. The van der Waals surface area contributed by atoms with E-state index in [-0.39, 0.29) is 38.4 Å². The van der Waals surface area contributed by atoms with E-state index in [9.17, 15) is 24.9 Å². The first kappa shape index (κ1) is 28.0.